The van der Waals surface area contributed by atoms with Crippen molar-refractivity contribution in [1.29, 1.82) is 0 Å². The van der Waals surface area contributed by atoms with Crippen LogP contribution in [0.2, 0.25) is 0 Å². The minimum atomic E-state index is -0.924. The largest absolute Gasteiger partial charge is 0.491 e. The number of para-hydroxylation sites is 1. The third-order valence-corrected chi connectivity index (χ3v) is 3.34. The van der Waals surface area contributed by atoms with Crippen LogP contribution in [0.4, 0.5) is 4.79 Å². The molecule has 1 aromatic carbocycles. The van der Waals surface area contributed by atoms with Crippen LogP contribution in [0.5, 0.6) is 5.75 Å². The van der Waals surface area contributed by atoms with Gasteiger partial charge in [-0.2, -0.15) is 0 Å². The van der Waals surface area contributed by atoms with E-state index in [2.05, 4.69) is 26.1 Å². The predicted molar refractivity (Wildman–Crippen MR) is 88.9 cm³/mol. The Balaban J connectivity index is 2.41. The molecule has 0 spiro atoms. The number of aliphatic carboxylic acids is 1. The Morgan fingerprint density at radius 2 is 1.91 bits per heavy atom. The first-order valence-corrected chi connectivity index (χ1v) is 7.65. The van der Waals surface area contributed by atoms with Crippen molar-refractivity contribution in [2.45, 2.75) is 32.6 Å². The molecule has 0 aliphatic heterocycles. The molecule has 0 bridgehead atoms. The molecule has 1 aromatic rings. The lowest BCUT2D eigenvalue weighted by molar-refractivity contribution is -0.137. The van der Waals surface area contributed by atoms with Crippen molar-refractivity contribution in [3.05, 3.63) is 29.8 Å². The lowest BCUT2D eigenvalue weighted by atomic mass is 9.86. The Morgan fingerprint density at radius 1 is 1.26 bits per heavy atom. The zero-order valence-corrected chi connectivity index (χ0v) is 14.3. The number of carboxylic acid groups (broad SMARTS) is 1. The van der Waals surface area contributed by atoms with Crippen molar-refractivity contribution >= 4 is 12.0 Å². The van der Waals surface area contributed by atoms with Crippen LogP contribution in [0.15, 0.2) is 24.3 Å². The summed E-state index contributed by atoms with van der Waals surface area (Å²) in [6.07, 6.45) is -0.0701. The summed E-state index contributed by atoms with van der Waals surface area (Å²) in [6, 6.07) is 7.55. The van der Waals surface area contributed by atoms with E-state index in [4.69, 9.17) is 9.84 Å². The van der Waals surface area contributed by atoms with Gasteiger partial charge in [0.25, 0.3) is 0 Å². The molecule has 128 valence electrons. The van der Waals surface area contributed by atoms with E-state index in [0.717, 1.165) is 11.3 Å². The van der Waals surface area contributed by atoms with Crippen molar-refractivity contribution in [3.8, 4) is 5.75 Å². The van der Waals surface area contributed by atoms with Crippen LogP contribution in [0.3, 0.4) is 0 Å². The van der Waals surface area contributed by atoms with Crippen LogP contribution in [-0.4, -0.2) is 48.8 Å². The van der Waals surface area contributed by atoms with E-state index in [1.54, 1.807) is 7.05 Å². The molecule has 0 aliphatic rings. The number of amides is 2. The highest BCUT2D eigenvalue weighted by Crippen LogP contribution is 2.30. The third kappa shape index (κ3) is 6.59. The number of benzene rings is 1. The van der Waals surface area contributed by atoms with Gasteiger partial charge in [-0.05, 0) is 17.0 Å². The van der Waals surface area contributed by atoms with Crippen LogP contribution < -0.4 is 10.1 Å². The van der Waals surface area contributed by atoms with Crippen molar-refractivity contribution < 1.29 is 19.4 Å². The lowest BCUT2D eigenvalue weighted by Gasteiger charge is -2.23. The second-order valence-corrected chi connectivity index (χ2v) is 6.39. The van der Waals surface area contributed by atoms with Crippen molar-refractivity contribution in [2.75, 3.05) is 26.7 Å². The standard InChI is InChI=1S/C17H26N2O4/c1-17(2,3)13-7-5-6-8-14(13)23-12-10-18-16(22)19(4)11-9-15(20)21/h5-8H,9-12H2,1-4H3,(H,18,22)(H,20,21). The summed E-state index contributed by atoms with van der Waals surface area (Å²) in [6.45, 7) is 7.24. The van der Waals surface area contributed by atoms with Gasteiger partial charge in [-0.3, -0.25) is 4.79 Å². The van der Waals surface area contributed by atoms with Gasteiger partial charge in [0, 0.05) is 13.6 Å². The van der Waals surface area contributed by atoms with Crippen LogP contribution in [-0.2, 0) is 10.2 Å². The Morgan fingerprint density at radius 3 is 2.52 bits per heavy atom. The van der Waals surface area contributed by atoms with Crippen molar-refractivity contribution in [1.82, 2.24) is 10.2 Å². The van der Waals surface area contributed by atoms with E-state index in [1.807, 2.05) is 24.3 Å². The molecule has 1 rings (SSSR count). The fourth-order valence-corrected chi connectivity index (χ4v) is 2.03. The van der Waals surface area contributed by atoms with Gasteiger partial charge in [-0.1, -0.05) is 39.0 Å². The second-order valence-electron chi connectivity index (χ2n) is 6.39. The maximum absolute atomic E-state index is 11.8. The van der Waals surface area contributed by atoms with E-state index in [0.29, 0.717) is 13.2 Å². The van der Waals surface area contributed by atoms with Crippen LogP contribution >= 0.6 is 0 Å². The van der Waals surface area contributed by atoms with Crippen molar-refractivity contribution in [3.63, 3.8) is 0 Å². The minimum Gasteiger partial charge on any atom is -0.491 e. The van der Waals surface area contributed by atoms with E-state index >= 15 is 0 Å². The number of carboxylic acids is 1. The molecule has 6 heteroatoms. The van der Waals surface area contributed by atoms with E-state index < -0.39 is 5.97 Å². The Labute approximate surface area is 137 Å². The predicted octanol–water partition coefficient (Wildman–Crippen LogP) is 2.48. The molecular formula is C17H26N2O4. The van der Waals surface area contributed by atoms with Gasteiger partial charge >= 0.3 is 12.0 Å². The molecule has 23 heavy (non-hydrogen) atoms. The summed E-state index contributed by atoms with van der Waals surface area (Å²) in [5.41, 5.74) is 1.10. The Bertz CT molecular complexity index is 538. The smallest absolute Gasteiger partial charge is 0.317 e. The third-order valence-electron chi connectivity index (χ3n) is 3.34. The highest BCUT2D eigenvalue weighted by atomic mass is 16.5. The average molecular weight is 322 g/mol. The van der Waals surface area contributed by atoms with Crippen LogP contribution in [0.25, 0.3) is 0 Å². The number of urea groups is 1. The molecule has 0 fully saturated rings. The lowest BCUT2D eigenvalue weighted by Crippen LogP contribution is -2.40. The van der Waals surface area contributed by atoms with Gasteiger partial charge in [0.15, 0.2) is 0 Å². The fourth-order valence-electron chi connectivity index (χ4n) is 2.03. The van der Waals surface area contributed by atoms with E-state index in [1.165, 1.54) is 4.90 Å². The SMILES string of the molecule is CN(CCC(=O)O)C(=O)NCCOc1ccccc1C(C)(C)C. The molecule has 2 N–H and O–H groups in total. The maximum Gasteiger partial charge on any atom is 0.317 e. The summed E-state index contributed by atoms with van der Waals surface area (Å²) < 4.78 is 5.76. The highest BCUT2D eigenvalue weighted by molar-refractivity contribution is 5.74. The first kappa shape index (κ1) is 18.8. The molecule has 6 nitrogen and oxygen atoms in total. The molecule has 0 saturated carbocycles. The fraction of sp³-hybridized carbons (Fsp3) is 0.529. The summed E-state index contributed by atoms with van der Waals surface area (Å²) >= 11 is 0. The number of nitrogens with zero attached hydrogens (tertiary/aromatic N) is 1. The van der Waals surface area contributed by atoms with Gasteiger partial charge < -0.3 is 20.1 Å². The summed E-state index contributed by atoms with van der Waals surface area (Å²) in [7, 11) is 1.56. The second kappa shape index (κ2) is 8.41. The molecule has 0 saturated heterocycles. The van der Waals surface area contributed by atoms with E-state index in [9.17, 15) is 9.59 Å². The van der Waals surface area contributed by atoms with Gasteiger partial charge in [0.05, 0.1) is 13.0 Å². The molecule has 0 aromatic heterocycles. The van der Waals surface area contributed by atoms with Gasteiger partial charge in [0.1, 0.15) is 12.4 Å². The van der Waals surface area contributed by atoms with Crippen LogP contribution in [0, 0.1) is 0 Å². The first-order chi connectivity index (χ1) is 10.7. The number of hydrogen-bond donors (Lipinski definition) is 2. The maximum atomic E-state index is 11.8. The quantitative estimate of drug-likeness (QED) is 0.756. The molecule has 0 unspecified atom stereocenters. The number of rotatable bonds is 7. The van der Waals surface area contributed by atoms with E-state index in [-0.39, 0.29) is 24.4 Å². The summed E-state index contributed by atoms with van der Waals surface area (Å²) in [4.78, 5) is 23.6. The molecular weight excluding hydrogens is 296 g/mol. The minimum absolute atomic E-state index is 0.0170. The summed E-state index contributed by atoms with van der Waals surface area (Å²) in [5, 5.41) is 11.3. The van der Waals surface area contributed by atoms with Crippen LogP contribution in [0.1, 0.15) is 32.8 Å². The molecule has 0 atom stereocenters. The number of ether oxygens (including phenoxy) is 1. The molecule has 0 heterocycles. The number of hydrogen-bond acceptors (Lipinski definition) is 3. The zero-order valence-electron chi connectivity index (χ0n) is 14.3. The zero-order chi connectivity index (χ0) is 17.5. The van der Waals surface area contributed by atoms with Gasteiger partial charge in [-0.15, -0.1) is 0 Å². The molecule has 2 amide bonds. The topological polar surface area (TPSA) is 78.9 Å². The molecule has 0 radical (unpaired) electrons. The van der Waals surface area contributed by atoms with Crippen molar-refractivity contribution in [2.24, 2.45) is 0 Å². The summed E-state index contributed by atoms with van der Waals surface area (Å²) in [5.74, 6) is -0.111. The number of nitrogens with one attached hydrogen (secondary N) is 1. The van der Waals surface area contributed by atoms with Gasteiger partial charge in [-0.25, -0.2) is 4.79 Å². The Kier molecular flexibility index (Phi) is 6.88. The molecule has 0 aliphatic carbocycles. The highest BCUT2D eigenvalue weighted by Gasteiger charge is 2.18. The monoisotopic (exact) mass is 322 g/mol. The number of carbonyl (C=O) groups is 2. The normalized spacial score (nSPS) is 11.0. The Hall–Kier alpha value is -2.24. The van der Waals surface area contributed by atoms with Gasteiger partial charge in [0.2, 0.25) is 0 Å². The average Bonchev–Trinajstić information content (AvgIpc) is 2.48. The first-order valence-electron chi connectivity index (χ1n) is 7.65. The number of carbonyl (C=O) groups excluding carboxylic acids is 1.